The number of carbonyl (C=O) groups is 4. The van der Waals surface area contributed by atoms with Gasteiger partial charge in [0.05, 0.1) is 19.1 Å². The van der Waals surface area contributed by atoms with Crippen molar-refractivity contribution < 1.29 is 41.8 Å². The third-order valence-electron chi connectivity index (χ3n) is 13.1. The first-order chi connectivity index (χ1) is 27.3. The Hall–Kier alpha value is -5.02. The maximum Gasteiger partial charge on any atom is 0.255 e. The highest BCUT2D eigenvalue weighted by molar-refractivity contribution is 6.05. The number of phenols is 1. The minimum absolute atomic E-state index is 0.0000762. The van der Waals surface area contributed by atoms with E-state index in [1.807, 2.05) is 17.0 Å². The maximum atomic E-state index is 16.1. The number of aromatic hydroxyl groups is 1. The number of piperidine rings is 2. The van der Waals surface area contributed by atoms with Crippen LogP contribution in [0.2, 0.25) is 0 Å². The minimum atomic E-state index is -2.70. The van der Waals surface area contributed by atoms with Crippen molar-refractivity contribution in [2.24, 2.45) is 5.41 Å². The molecule has 0 saturated carbocycles. The molecule has 1 unspecified atom stereocenters. The van der Waals surface area contributed by atoms with E-state index in [0.717, 1.165) is 42.6 Å². The Morgan fingerprint density at radius 2 is 1.63 bits per heavy atom. The molecule has 6 heterocycles. The number of fused-ring (bicyclic) bond motifs is 3. The van der Waals surface area contributed by atoms with Crippen LogP contribution in [0.25, 0.3) is 0 Å². The first kappa shape index (κ1) is 37.6. The van der Waals surface area contributed by atoms with Gasteiger partial charge in [-0.25, -0.2) is 17.6 Å². The largest absolute Gasteiger partial charge is 0.508 e. The van der Waals surface area contributed by atoms with E-state index < -0.39 is 48.6 Å². The molecule has 3 fully saturated rings. The molecule has 1 spiro atoms. The van der Waals surface area contributed by atoms with Gasteiger partial charge in [-0.2, -0.15) is 0 Å². The molecule has 3 saturated heterocycles. The molecule has 0 bridgehead atoms. The Morgan fingerprint density at radius 1 is 0.930 bits per heavy atom. The zero-order valence-corrected chi connectivity index (χ0v) is 31.6. The van der Waals surface area contributed by atoms with Gasteiger partial charge < -0.3 is 19.8 Å². The fourth-order valence-electron chi connectivity index (χ4n) is 10.2. The Balaban J connectivity index is 0.801. The number of rotatable bonds is 7. The van der Waals surface area contributed by atoms with Crippen LogP contribution in [0.3, 0.4) is 0 Å². The van der Waals surface area contributed by atoms with E-state index in [1.165, 1.54) is 34.1 Å². The highest BCUT2D eigenvalue weighted by atomic mass is 19.3. The summed E-state index contributed by atoms with van der Waals surface area (Å²) in [6, 6.07) is 8.73. The van der Waals surface area contributed by atoms with Crippen molar-refractivity contribution in [3.05, 3.63) is 93.0 Å². The van der Waals surface area contributed by atoms with Crippen LogP contribution in [0, 0.1) is 17.0 Å². The fraction of sp³-hybridized carbons (Fsp3) is 0.476. The van der Waals surface area contributed by atoms with E-state index in [4.69, 9.17) is 0 Å². The van der Waals surface area contributed by atoms with Crippen LogP contribution in [0.15, 0.2) is 42.5 Å². The molecular formula is C42H44F4N6O5. The van der Waals surface area contributed by atoms with Gasteiger partial charge in [-0.1, -0.05) is 12.1 Å². The number of phenolic OH excluding ortho intramolecular Hbond substituents is 1. The van der Waals surface area contributed by atoms with Gasteiger partial charge in [0, 0.05) is 75.1 Å². The van der Waals surface area contributed by atoms with Crippen molar-refractivity contribution in [3.8, 4) is 5.75 Å². The van der Waals surface area contributed by atoms with Crippen LogP contribution in [-0.2, 0) is 40.4 Å². The topological polar surface area (TPSA) is 117 Å². The van der Waals surface area contributed by atoms with Gasteiger partial charge in [0.25, 0.3) is 12.3 Å². The molecule has 3 aromatic carbocycles. The first-order valence-corrected chi connectivity index (χ1v) is 19.6. The number of halogens is 4. The summed E-state index contributed by atoms with van der Waals surface area (Å²) in [5, 5.41) is 12.4. The Bertz CT molecular complexity index is 2160. The molecule has 0 radical (unpaired) electrons. The average molecular weight is 789 g/mol. The van der Waals surface area contributed by atoms with Crippen molar-refractivity contribution in [3.63, 3.8) is 0 Å². The highest BCUT2D eigenvalue weighted by Crippen LogP contribution is 2.45. The highest BCUT2D eigenvalue weighted by Gasteiger charge is 2.46. The molecule has 3 atom stereocenters. The van der Waals surface area contributed by atoms with E-state index >= 15 is 8.78 Å². The normalized spacial score (nSPS) is 24.5. The SMILES string of the molecule is C[C@@H]1Cc2cc(O)ccc2[C@@H](c2c(F)cc(N3CCC4(CC3)CN(CC(=O)N3Cc5cc6c(cc5C3)C(=O)N(C3CCC(=O)NC3=O)C6)C4)cc2F)N1CC(F)F. The summed E-state index contributed by atoms with van der Waals surface area (Å²) < 4.78 is 59.6. The number of hydrogen-bond donors (Lipinski definition) is 2. The van der Waals surface area contributed by atoms with Crippen molar-refractivity contribution in [1.82, 2.24) is 24.9 Å². The monoisotopic (exact) mass is 788 g/mol. The van der Waals surface area contributed by atoms with Crippen molar-refractivity contribution >= 4 is 29.3 Å². The fourth-order valence-corrected chi connectivity index (χ4v) is 10.2. The zero-order chi connectivity index (χ0) is 39.9. The number of carbonyl (C=O) groups excluding carboxylic acids is 4. The Kier molecular flexibility index (Phi) is 9.30. The van der Waals surface area contributed by atoms with E-state index in [-0.39, 0.29) is 54.0 Å². The standard InChI is InChI=1S/C42H44F4N6O5/c1-23-10-24-12-29(53)2-3-30(24)39(51(23)19-35(45)46)38-32(43)14-28(15-33(38)44)49-8-6-42(7-9-49)21-48(22-42)20-37(55)50-16-25-11-27-18-52(34-4-5-36(54)47-40(34)56)41(57)31(27)13-26(25)17-50/h2-3,11-15,23,34-35,39,53H,4-10,16-22H2,1H3,(H,47,54,56)/t23-,34?,39+/m1/s1. The van der Waals surface area contributed by atoms with Gasteiger partial charge in [-0.05, 0) is 96.2 Å². The Labute approximate surface area is 327 Å². The summed E-state index contributed by atoms with van der Waals surface area (Å²) in [7, 11) is 0. The summed E-state index contributed by atoms with van der Waals surface area (Å²) in [6.45, 7) is 5.12. The van der Waals surface area contributed by atoms with E-state index in [9.17, 15) is 33.1 Å². The van der Waals surface area contributed by atoms with Crippen LogP contribution in [0.5, 0.6) is 5.75 Å². The van der Waals surface area contributed by atoms with Crippen molar-refractivity contribution in [2.75, 3.05) is 44.2 Å². The smallest absolute Gasteiger partial charge is 0.255 e. The molecule has 0 aromatic heterocycles. The minimum Gasteiger partial charge on any atom is -0.508 e. The van der Waals surface area contributed by atoms with Gasteiger partial charge in [-0.3, -0.25) is 34.3 Å². The molecule has 15 heteroatoms. The summed E-state index contributed by atoms with van der Waals surface area (Å²) in [5.41, 5.74) is 4.54. The van der Waals surface area contributed by atoms with Crippen molar-refractivity contribution in [1.29, 1.82) is 0 Å². The lowest BCUT2D eigenvalue weighted by Crippen LogP contribution is -2.61. The molecule has 11 nitrogen and oxygen atoms in total. The maximum absolute atomic E-state index is 16.1. The van der Waals surface area contributed by atoms with E-state index in [2.05, 4.69) is 10.2 Å². The van der Waals surface area contributed by atoms with Gasteiger partial charge in [-0.15, -0.1) is 0 Å². The first-order valence-electron chi connectivity index (χ1n) is 19.6. The number of nitrogens with one attached hydrogen (secondary N) is 1. The summed E-state index contributed by atoms with van der Waals surface area (Å²) >= 11 is 0. The molecule has 0 aliphatic carbocycles. The number of benzene rings is 3. The molecule has 3 aromatic rings. The van der Waals surface area contributed by atoms with Crippen LogP contribution in [0.4, 0.5) is 23.2 Å². The number of amides is 4. The number of alkyl halides is 2. The molecule has 2 N–H and O–H groups in total. The molecule has 4 amide bonds. The molecule has 6 aliphatic heterocycles. The molecule has 300 valence electrons. The lowest BCUT2D eigenvalue weighted by Gasteiger charge is -2.54. The number of likely N-dealkylation sites (tertiary alicyclic amines) is 1. The summed E-state index contributed by atoms with van der Waals surface area (Å²) in [5.74, 6) is -2.61. The third-order valence-corrected chi connectivity index (χ3v) is 13.1. The number of anilines is 1. The average Bonchev–Trinajstić information content (AvgIpc) is 3.70. The third kappa shape index (κ3) is 6.71. The van der Waals surface area contributed by atoms with Crippen LogP contribution in [0.1, 0.15) is 82.4 Å². The lowest BCUT2D eigenvalue weighted by molar-refractivity contribution is -0.138. The number of hydrogen-bond acceptors (Lipinski definition) is 8. The molecule has 57 heavy (non-hydrogen) atoms. The second kappa shape index (κ2) is 14.1. The van der Waals surface area contributed by atoms with Gasteiger partial charge >= 0.3 is 0 Å². The molecular weight excluding hydrogens is 744 g/mol. The summed E-state index contributed by atoms with van der Waals surface area (Å²) in [6.07, 6.45) is -0.275. The van der Waals surface area contributed by atoms with Gasteiger partial charge in [0.15, 0.2) is 0 Å². The Morgan fingerprint density at radius 3 is 2.32 bits per heavy atom. The summed E-state index contributed by atoms with van der Waals surface area (Å²) in [4.78, 5) is 59.6. The van der Waals surface area contributed by atoms with Crippen molar-refractivity contribution in [2.45, 2.75) is 83.2 Å². The quantitative estimate of drug-likeness (QED) is 0.266. The van der Waals surface area contributed by atoms with E-state index in [1.54, 1.807) is 17.9 Å². The number of imide groups is 1. The van der Waals surface area contributed by atoms with Gasteiger partial charge in [0.1, 0.15) is 23.4 Å². The van der Waals surface area contributed by atoms with Crippen LogP contribution >= 0.6 is 0 Å². The number of nitrogens with zero attached hydrogens (tertiary/aromatic N) is 5. The predicted octanol–water partition coefficient (Wildman–Crippen LogP) is 4.48. The molecule has 6 aliphatic rings. The lowest BCUT2D eigenvalue weighted by atomic mass is 9.72. The van der Waals surface area contributed by atoms with E-state index in [0.29, 0.717) is 61.4 Å². The zero-order valence-electron chi connectivity index (χ0n) is 31.6. The van der Waals surface area contributed by atoms with Crippen LogP contribution < -0.4 is 10.2 Å². The second-order valence-electron chi connectivity index (χ2n) is 16.8. The van der Waals surface area contributed by atoms with Gasteiger partial charge in [0.2, 0.25) is 17.7 Å². The van der Waals surface area contributed by atoms with Crippen LogP contribution in [-0.4, -0.2) is 106 Å². The molecule has 9 rings (SSSR count). The predicted molar refractivity (Wildman–Crippen MR) is 199 cm³/mol. The second-order valence-corrected chi connectivity index (χ2v) is 16.8.